The summed E-state index contributed by atoms with van der Waals surface area (Å²) in [4.78, 5) is 0. The largest absolute Gasteiger partial charge is 0.393 e. The summed E-state index contributed by atoms with van der Waals surface area (Å²) in [6.07, 6.45) is -7.51. The first-order chi connectivity index (χ1) is 5.98. The summed E-state index contributed by atoms with van der Waals surface area (Å²) in [6.45, 7) is -1.63. The van der Waals surface area contributed by atoms with Crippen molar-refractivity contribution in [2.24, 2.45) is 0 Å². The maximum atomic E-state index is 9.39. The van der Waals surface area contributed by atoms with Crippen molar-refractivity contribution in [2.45, 2.75) is 39.0 Å². The lowest BCUT2D eigenvalue weighted by molar-refractivity contribution is 0.159. The third kappa shape index (κ3) is 3.80. The zero-order valence-electron chi connectivity index (χ0n) is 11.2. The summed E-state index contributed by atoms with van der Waals surface area (Å²) >= 11 is 0. The molecule has 7 heavy (non-hydrogen) atoms. The van der Waals surface area contributed by atoms with Gasteiger partial charge in [-0.3, -0.25) is 0 Å². The van der Waals surface area contributed by atoms with E-state index in [4.69, 9.17) is 9.60 Å². The van der Waals surface area contributed by atoms with Gasteiger partial charge in [-0.2, -0.15) is 0 Å². The second-order valence-corrected chi connectivity index (χ2v) is 1.12. The minimum Gasteiger partial charge on any atom is -0.393 e. The van der Waals surface area contributed by atoms with Crippen molar-refractivity contribution in [3.63, 3.8) is 0 Å². The molecular formula is C6H14O. The normalized spacial score (nSPS) is 41.7. The first kappa shape index (κ1) is 1.47. The van der Waals surface area contributed by atoms with Gasteiger partial charge in [0.15, 0.2) is 0 Å². The minimum absolute atomic E-state index is 0.00951. The molecule has 0 aromatic carbocycles. The molecule has 0 saturated carbocycles. The quantitative estimate of drug-likeness (QED) is 0.583. The Morgan fingerprint density at radius 3 is 3.29 bits per heavy atom. The van der Waals surface area contributed by atoms with E-state index < -0.39 is 25.7 Å². The molecule has 1 N–H and O–H groups in total. The van der Waals surface area contributed by atoms with Gasteiger partial charge in [0.05, 0.1) is 7.45 Å². The average Bonchev–Trinajstić information content (AvgIpc) is 2.00. The molecule has 0 fully saturated rings. The lowest BCUT2D eigenvalue weighted by Gasteiger charge is -2.01. The van der Waals surface area contributed by atoms with Gasteiger partial charge < -0.3 is 5.11 Å². The Kier molecular flexibility index (Phi) is 0.868. The van der Waals surface area contributed by atoms with Crippen molar-refractivity contribution in [1.29, 1.82) is 0 Å². The third-order valence-electron chi connectivity index (χ3n) is 0.526. The smallest absolute Gasteiger partial charge is 0.0600 e. The Balaban J connectivity index is 5.07. The van der Waals surface area contributed by atoms with Gasteiger partial charge in [-0.1, -0.05) is 20.2 Å². The van der Waals surface area contributed by atoms with Crippen molar-refractivity contribution in [2.75, 3.05) is 0 Å². The van der Waals surface area contributed by atoms with Crippen LogP contribution in [0.25, 0.3) is 0 Å². The number of aliphatic hydroxyl groups is 1. The monoisotopic (exact) mass is 109 g/mol. The molecule has 2 atom stereocenters. The SMILES string of the molecule is [2H]C(CC)C([2H])(O)C([2H])([2H])C([2H])([2H])[2H]. The molecule has 0 aromatic rings. The molecule has 0 aliphatic carbocycles. The van der Waals surface area contributed by atoms with Crippen molar-refractivity contribution in [1.82, 2.24) is 0 Å². The molecule has 0 heterocycles. The summed E-state index contributed by atoms with van der Waals surface area (Å²) in [5.74, 6) is 0. The topological polar surface area (TPSA) is 20.2 Å². The van der Waals surface area contributed by atoms with E-state index in [1.807, 2.05) is 0 Å². The highest BCUT2D eigenvalue weighted by Crippen LogP contribution is 1.98. The van der Waals surface area contributed by atoms with Crippen LogP contribution in [-0.2, 0) is 0 Å². The molecule has 2 unspecified atom stereocenters. The van der Waals surface area contributed by atoms with E-state index in [1.54, 1.807) is 0 Å². The molecule has 0 amide bonds. The van der Waals surface area contributed by atoms with E-state index in [-0.39, 0.29) is 6.42 Å². The van der Waals surface area contributed by atoms with E-state index in [9.17, 15) is 5.11 Å². The van der Waals surface area contributed by atoms with Gasteiger partial charge in [-0.05, 0) is 12.8 Å². The molecule has 0 rings (SSSR count). The van der Waals surface area contributed by atoms with Crippen LogP contribution in [0, 0.1) is 0 Å². The van der Waals surface area contributed by atoms with Crippen LogP contribution in [0.2, 0.25) is 0 Å². The predicted molar refractivity (Wildman–Crippen MR) is 31.2 cm³/mol. The zero-order chi connectivity index (χ0) is 11.8. The predicted octanol–water partition coefficient (Wildman–Crippen LogP) is 1.56. The van der Waals surface area contributed by atoms with Crippen LogP contribution < -0.4 is 0 Å². The van der Waals surface area contributed by atoms with Gasteiger partial charge >= 0.3 is 0 Å². The summed E-state index contributed by atoms with van der Waals surface area (Å²) < 4.78 is 49.3. The minimum atomic E-state index is -3.11. The summed E-state index contributed by atoms with van der Waals surface area (Å²) in [6, 6.07) is 0. The van der Waals surface area contributed by atoms with Crippen molar-refractivity contribution in [3.8, 4) is 0 Å². The standard InChI is InChI=1S/C6H14O/c1-3-5-6(7)4-2/h6-7H,3-5H2,1-2H3/i2D3,4D2,5D,6D. The van der Waals surface area contributed by atoms with Gasteiger partial charge in [-0.15, -0.1) is 0 Å². The maximum absolute atomic E-state index is 9.39. The van der Waals surface area contributed by atoms with Crippen molar-refractivity contribution < 1.29 is 14.7 Å². The second-order valence-electron chi connectivity index (χ2n) is 1.12. The van der Waals surface area contributed by atoms with Gasteiger partial charge in [-0.25, -0.2) is 0 Å². The Morgan fingerprint density at radius 2 is 2.86 bits per heavy atom. The van der Waals surface area contributed by atoms with Crippen molar-refractivity contribution in [3.05, 3.63) is 0 Å². The van der Waals surface area contributed by atoms with Gasteiger partial charge in [0.1, 0.15) is 0 Å². The lowest BCUT2D eigenvalue weighted by atomic mass is 10.2. The van der Waals surface area contributed by atoms with E-state index in [1.165, 1.54) is 6.92 Å². The fourth-order valence-corrected chi connectivity index (χ4v) is 0.244. The van der Waals surface area contributed by atoms with E-state index in [0.29, 0.717) is 0 Å². The summed E-state index contributed by atoms with van der Waals surface area (Å²) in [5.41, 5.74) is 0. The molecule has 1 heteroatoms. The van der Waals surface area contributed by atoms with Crippen LogP contribution in [0.3, 0.4) is 0 Å². The molecule has 1 nitrogen and oxygen atoms in total. The fraction of sp³-hybridized carbons (Fsp3) is 1.00. The summed E-state index contributed by atoms with van der Waals surface area (Å²) in [5, 5.41) is 9.39. The molecule has 44 valence electrons. The second kappa shape index (κ2) is 4.13. The molecule has 0 bridgehead atoms. The molecule has 0 radical (unpaired) electrons. The maximum Gasteiger partial charge on any atom is 0.0600 e. The highest BCUT2D eigenvalue weighted by molar-refractivity contribution is 4.47. The summed E-state index contributed by atoms with van der Waals surface area (Å²) in [7, 11) is 0. The van der Waals surface area contributed by atoms with Gasteiger partial charge in [0.2, 0.25) is 0 Å². The average molecular weight is 109 g/mol. The van der Waals surface area contributed by atoms with Crippen LogP contribution in [0.15, 0.2) is 0 Å². The van der Waals surface area contributed by atoms with Crippen LogP contribution >= 0.6 is 0 Å². The van der Waals surface area contributed by atoms with Crippen molar-refractivity contribution >= 4 is 0 Å². The first-order valence-corrected chi connectivity index (χ1v) is 2.13. The number of hydrogen-bond acceptors (Lipinski definition) is 1. The van der Waals surface area contributed by atoms with Gasteiger partial charge in [0.25, 0.3) is 0 Å². The number of hydrogen-bond donors (Lipinski definition) is 1. The molecule has 0 aliphatic rings. The Hall–Kier alpha value is -0.0400. The highest BCUT2D eigenvalue weighted by Gasteiger charge is 1.94. The van der Waals surface area contributed by atoms with Crippen LogP contribution in [0.1, 0.15) is 42.6 Å². The zero-order valence-corrected chi connectivity index (χ0v) is 4.23. The molecule has 0 saturated heterocycles. The number of rotatable bonds is 3. The highest BCUT2D eigenvalue weighted by atomic mass is 16.3. The molecule has 0 spiro atoms. The van der Waals surface area contributed by atoms with E-state index >= 15 is 0 Å². The van der Waals surface area contributed by atoms with Crippen LogP contribution in [-0.4, -0.2) is 11.2 Å². The van der Waals surface area contributed by atoms with E-state index in [0.717, 1.165) is 0 Å². The Morgan fingerprint density at radius 1 is 2.14 bits per heavy atom. The molecule has 0 aliphatic heterocycles. The van der Waals surface area contributed by atoms with Crippen LogP contribution in [0.5, 0.6) is 0 Å². The van der Waals surface area contributed by atoms with E-state index in [2.05, 4.69) is 0 Å². The Labute approximate surface area is 55.2 Å². The first-order valence-electron chi connectivity index (χ1n) is 5.70. The fourth-order valence-electron chi connectivity index (χ4n) is 0.244. The Bertz CT molecular complexity index is 197. The van der Waals surface area contributed by atoms with Crippen LogP contribution in [0.4, 0.5) is 0 Å². The lowest BCUT2D eigenvalue weighted by Crippen LogP contribution is -2.01. The molecular weight excluding hydrogens is 88.1 g/mol. The third-order valence-corrected chi connectivity index (χ3v) is 0.526. The molecule has 0 aromatic heterocycles. The van der Waals surface area contributed by atoms with Gasteiger partial charge in [0, 0.05) is 8.22 Å².